The largest absolute Gasteiger partial charge is 0.311 e. The van der Waals surface area contributed by atoms with Gasteiger partial charge < -0.3 is 5.32 Å². The van der Waals surface area contributed by atoms with Crippen LogP contribution >= 0.6 is 0 Å². The molecule has 0 bridgehead atoms. The molecule has 0 radical (unpaired) electrons. The maximum atomic E-state index is 4.89. The smallest absolute Gasteiger partial charge is 0.136 e. The van der Waals surface area contributed by atoms with Crippen LogP contribution in [0.2, 0.25) is 0 Å². The molecule has 1 aliphatic heterocycles. The van der Waals surface area contributed by atoms with E-state index in [1.807, 2.05) is 0 Å². The molecular weight excluding hydrogens is 246 g/mol. The first-order valence-corrected chi connectivity index (χ1v) is 7.54. The fraction of sp³-hybridized carbons (Fsp3) is 0.412. The fourth-order valence-corrected chi connectivity index (χ4v) is 3.40. The van der Waals surface area contributed by atoms with Crippen LogP contribution in [0.4, 0.5) is 0 Å². The molecule has 0 saturated carbocycles. The van der Waals surface area contributed by atoms with Gasteiger partial charge in [-0.05, 0) is 42.5 Å². The Kier molecular flexibility index (Phi) is 2.81. The number of fused-ring (bicyclic) bond motifs is 2. The minimum Gasteiger partial charge on any atom is -0.311 e. The van der Waals surface area contributed by atoms with Gasteiger partial charge in [-0.2, -0.15) is 0 Å². The first-order chi connectivity index (χ1) is 9.86. The van der Waals surface area contributed by atoms with Gasteiger partial charge in [0.05, 0.1) is 5.69 Å². The van der Waals surface area contributed by atoms with Crippen LogP contribution < -0.4 is 5.32 Å². The molecular formula is C17H19N3. The van der Waals surface area contributed by atoms with Crippen molar-refractivity contribution in [2.45, 2.75) is 38.6 Å². The van der Waals surface area contributed by atoms with Crippen molar-refractivity contribution in [2.75, 3.05) is 6.54 Å². The van der Waals surface area contributed by atoms with Gasteiger partial charge in [-0.1, -0.05) is 31.2 Å². The molecule has 1 aromatic carbocycles. The zero-order valence-corrected chi connectivity index (χ0v) is 11.8. The summed E-state index contributed by atoms with van der Waals surface area (Å²) in [5, 5.41) is 3.42. The van der Waals surface area contributed by atoms with E-state index in [1.165, 1.54) is 28.1 Å². The van der Waals surface area contributed by atoms with Gasteiger partial charge in [0.2, 0.25) is 0 Å². The minimum atomic E-state index is 0.406. The second kappa shape index (κ2) is 4.67. The maximum Gasteiger partial charge on any atom is 0.136 e. The van der Waals surface area contributed by atoms with E-state index in [2.05, 4.69) is 36.5 Å². The lowest BCUT2D eigenvalue weighted by atomic mass is 9.77. The summed E-state index contributed by atoms with van der Waals surface area (Å²) in [7, 11) is 0. The standard InChI is InChI=1S/C17H19N3/c1-2-15-13-7-8-18-10-16(13)20-17(19-15)14-9-11-5-3-4-6-12(11)14/h3-6,14,18H,2,7-10H2,1H3. The molecule has 102 valence electrons. The molecule has 2 heterocycles. The Labute approximate surface area is 119 Å². The number of nitrogens with one attached hydrogen (secondary N) is 1. The Bertz CT molecular complexity index is 646. The van der Waals surface area contributed by atoms with Crippen LogP contribution in [0.15, 0.2) is 24.3 Å². The first kappa shape index (κ1) is 12.0. The third-order valence-corrected chi connectivity index (χ3v) is 4.54. The topological polar surface area (TPSA) is 37.8 Å². The van der Waals surface area contributed by atoms with Crippen molar-refractivity contribution in [2.24, 2.45) is 0 Å². The van der Waals surface area contributed by atoms with Gasteiger partial charge in [0.25, 0.3) is 0 Å². The molecule has 3 heteroatoms. The van der Waals surface area contributed by atoms with E-state index in [0.717, 1.165) is 38.2 Å². The molecule has 0 amide bonds. The van der Waals surface area contributed by atoms with Crippen LogP contribution in [0.1, 0.15) is 46.7 Å². The summed E-state index contributed by atoms with van der Waals surface area (Å²) in [6.45, 7) is 4.14. The van der Waals surface area contributed by atoms with Gasteiger partial charge in [0.15, 0.2) is 0 Å². The normalized spacial score (nSPS) is 19.9. The van der Waals surface area contributed by atoms with Gasteiger partial charge >= 0.3 is 0 Å². The molecule has 0 spiro atoms. The third-order valence-electron chi connectivity index (χ3n) is 4.54. The Balaban J connectivity index is 1.77. The Morgan fingerprint density at radius 2 is 2.15 bits per heavy atom. The quantitative estimate of drug-likeness (QED) is 0.906. The van der Waals surface area contributed by atoms with Crippen LogP contribution in [0.5, 0.6) is 0 Å². The Hall–Kier alpha value is -1.74. The van der Waals surface area contributed by atoms with Crippen LogP contribution in [0, 0.1) is 0 Å². The highest BCUT2D eigenvalue weighted by Crippen LogP contribution is 2.38. The SMILES string of the molecule is CCc1nc(C2Cc3ccccc32)nc2c1CCNC2. The summed E-state index contributed by atoms with van der Waals surface area (Å²) in [5.41, 5.74) is 6.74. The number of benzene rings is 1. The van der Waals surface area contributed by atoms with Gasteiger partial charge in [-0.3, -0.25) is 0 Å². The Morgan fingerprint density at radius 3 is 3.00 bits per heavy atom. The molecule has 1 unspecified atom stereocenters. The summed E-state index contributed by atoms with van der Waals surface area (Å²) in [4.78, 5) is 9.76. The summed E-state index contributed by atoms with van der Waals surface area (Å²) in [6.07, 6.45) is 3.16. The van der Waals surface area contributed by atoms with E-state index in [4.69, 9.17) is 9.97 Å². The predicted molar refractivity (Wildman–Crippen MR) is 78.8 cm³/mol. The number of rotatable bonds is 2. The second-order valence-corrected chi connectivity index (χ2v) is 5.69. The van der Waals surface area contributed by atoms with Crippen LogP contribution in [0.25, 0.3) is 0 Å². The van der Waals surface area contributed by atoms with E-state index in [-0.39, 0.29) is 0 Å². The van der Waals surface area contributed by atoms with E-state index in [9.17, 15) is 0 Å². The molecule has 2 aliphatic rings. The van der Waals surface area contributed by atoms with Crippen LogP contribution in [0.3, 0.4) is 0 Å². The third kappa shape index (κ3) is 1.77. The molecule has 2 aromatic rings. The fourth-order valence-electron chi connectivity index (χ4n) is 3.40. The average molecular weight is 265 g/mol. The highest BCUT2D eigenvalue weighted by atomic mass is 15.0. The van der Waals surface area contributed by atoms with Gasteiger partial charge in [-0.25, -0.2) is 9.97 Å². The highest BCUT2D eigenvalue weighted by Gasteiger charge is 2.30. The molecule has 0 saturated heterocycles. The van der Waals surface area contributed by atoms with E-state index < -0.39 is 0 Å². The summed E-state index contributed by atoms with van der Waals surface area (Å²) < 4.78 is 0. The van der Waals surface area contributed by atoms with Gasteiger partial charge in [-0.15, -0.1) is 0 Å². The van der Waals surface area contributed by atoms with E-state index in [1.54, 1.807) is 0 Å². The summed E-state index contributed by atoms with van der Waals surface area (Å²) in [6, 6.07) is 8.67. The zero-order chi connectivity index (χ0) is 13.5. The first-order valence-electron chi connectivity index (χ1n) is 7.54. The molecule has 20 heavy (non-hydrogen) atoms. The van der Waals surface area contributed by atoms with Crippen molar-refractivity contribution in [1.82, 2.24) is 15.3 Å². The molecule has 1 N–H and O–H groups in total. The van der Waals surface area contributed by atoms with Crippen molar-refractivity contribution in [3.05, 3.63) is 58.2 Å². The average Bonchev–Trinajstić information content (AvgIpc) is 2.47. The van der Waals surface area contributed by atoms with Gasteiger partial charge in [0.1, 0.15) is 5.82 Å². The van der Waals surface area contributed by atoms with E-state index >= 15 is 0 Å². The highest BCUT2D eigenvalue weighted by molar-refractivity contribution is 5.44. The molecule has 4 rings (SSSR count). The number of nitrogens with zero attached hydrogens (tertiary/aromatic N) is 2. The van der Waals surface area contributed by atoms with Crippen molar-refractivity contribution in [3.8, 4) is 0 Å². The number of hydrogen-bond acceptors (Lipinski definition) is 3. The predicted octanol–water partition coefficient (Wildman–Crippen LogP) is 2.37. The molecule has 0 fully saturated rings. The number of aryl methyl sites for hydroxylation is 1. The lowest BCUT2D eigenvalue weighted by Gasteiger charge is -2.30. The van der Waals surface area contributed by atoms with Crippen LogP contribution in [-0.2, 0) is 25.8 Å². The monoisotopic (exact) mass is 265 g/mol. The maximum absolute atomic E-state index is 4.89. The zero-order valence-electron chi connectivity index (χ0n) is 11.8. The molecule has 1 aromatic heterocycles. The number of hydrogen-bond donors (Lipinski definition) is 1. The second-order valence-electron chi connectivity index (χ2n) is 5.69. The summed E-state index contributed by atoms with van der Waals surface area (Å²) >= 11 is 0. The molecule has 1 aliphatic carbocycles. The van der Waals surface area contributed by atoms with Crippen LogP contribution in [-0.4, -0.2) is 16.5 Å². The van der Waals surface area contributed by atoms with E-state index in [0.29, 0.717) is 5.92 Å². The number of aromatic nitrogens is 2. The van der Waals surface area contributed by atoms with Crippen molar-refractivity contribution in [3.63, 3.8) is 0 Å². The molecule has 1 atom stereocenters. The van der Waals surface area contributed by atoms with Crippen molar-refractivity contribution < 1.29 is 0 Å². The van der Waals surface area contributed by atoms with Gasteiger partial charge in [0, 0.05) is 18.2 Å². The lowest BCUT2D eigenvalue weighted by Crippen LogP contribution is -2.29. The molecule has 3 nitrogen and oxygen atoms in total. The summed E-state index contributed by atoms with van der Waals surface area (Å²) in [5.74, 6) is 1.44. The van der Waals surface area contributed by atoms with Crippen molar-refractivity contribution in [1.29, 1.82) is 0 Å². The van der Waals surface area contributed by atoms with Crippen molar-refractivity contribution >= 4 is 0 Å². The lowest BCUT2D eigenvalue weighted by molar-refractivity contribution is 0.587. The minimum absolute atomic E-state index is 0.406. The Morgan fingerprint density at radius 1 is 1.25 bits per heavy atom.